The van der Waals surface area contributed by atoms with Crippen LogP contribution in [0.25, 0.3) is 0 Å². The quantitative estimate of drug-likeness (QED) is 0.0496. The highest BCUT2D eigenvalue weighted by atomic mass is 16.6. The summed E-state index contributed by atoms with van der Waals surface area (Å²) in [7, 11) is 0. The zero-order valence-electron chi connectivity index (χ0n) is 28.3. The van der Waals surface area contributed by atoms with Gasteiger partial charge in [-0.2, -0.15) is 0 Å². The first-order chi connectivity index (χ1) is 20.7. The number of carbonyl (C=O) groups excluding carboxylic acids is 1. The maximum atomic E-state index is 12.0. The lowest BCUT2D eigenvalue weighted by molar-refractivity contribution is -0.122. The first-order valence-corrected chi connectivity index (χ1v) is 18.9. The molecule has 42 heavy (non-hydrogen) atoms. The molecule has 0 fully saturated rings. The molecule has 1 atom stereocenters. The third-order valence-corrected chi connectivity index (χ3v) is 8.58. The maximum absolute atomic E-state index is 12.0. The van der Waals surface area contributed by atoms with Gasteiger partial charge in [-0.05, 0) is 19.3 Å². The average Bonchev–Trinajstić information content (AvgIpc) is 2.99. The molecule has 3 N–H and O–H groups in total. The summed E-state index contributed by atoms with van der Waals surface area (Å²) in [6.45, 7) is 3.72. The fraction of sp³-hybridized carbons (Fsp3) is 0.973. The van der Waals surface area contributed by atoms with Gasteiger partial charge in [0.05, 0.1) is 0 Å². The second-order valence-electron chi connectivity index (χ2n) is 12.8. The van der Waals surface area contributed by atoms with E-state index in [2.05, 4.69) is 12.2 Å². The molecule has 1 amide bonds. The predicted octanol–water partition coefficient (Wildman–Crippen LogP) is 10.5. The van der Waals surface area contributed by atoms with Gasteiger partial charge in [0.15, 0.2) is 6.29 Å². The normalized spacial score (nSPS) is 12.2. The van der Waals surface area contributed by atoms with E-state index >= 15 is 0 Å². The lowest BCUT2D eigenvalue weighted by Gasteiger charge is -2.12. The molecule has 0 aromatic heterocycles. The molecule has 0 radical (unpaired) electrons. The van der Waals surface area contributed by atoms with Crippen LogP contribution >= 0.6 is 0 Å². The van der Waals surface area contributed by atoms with Crippen LogP contribution in [0, 0.1) is 0 Å². The minimum Gasteiger partial charge on any atom is -0.396 e. The SMILES string of the molecule is CCCCCCCCCCCCCCCC(=O)NCCC(O)OCCCCCCCCCCCCCCCCCCO. The highest BCUT2D eigenvalue weighted by Gasteiger charge is 2.06. The van der Waals surface area contributed by atoms with E-state index in [1.54, 1.807) is 0 Å². The Balaban J connectivity index is 3.25. The van der Waals surface area contributed by atoms with Crippen molar-refractivity contribution in [3.63, 3.8) is 0 Å². The van der Waals surface area contributed by atoms with Crippen molar-refractivity contribution in [2.24, 2.45) is 0 Å². The number of unbranched alkanes of at least 4 members (excludes halogenated alkanes) is 27. The third-order valence-electron chi connectivity index (χ3n) is 8.58. The average molecular weight is 598 g/mol. The number of nitrogens with one attached hydrogen (secondary N) is 1. The maximum Gasteiger partial charge on any atom is 0.219 e. The first kappa shape index (κ1) is 41.4. The van der Waals surface area contributed by atoms with Crippen molar-refractivity contribution in [2.75, 3.05) is 19.8 Å². The van der Waals surface area contributed by atoms with Crippen molar-refractivity contribution in [1.29, 1.82) is 0 Å². The van der Waals surface area contributed by atoms with Crippen molar-refractivity contribution in [2.45, 2.75) is 212 Å². The Hall–Kier alpha value is -0.650. The Morgan fingerprint density at radius 3 is 1.31 bits per heavy atom. The van der Waals surface area contributed by atoms with Crippen LogP contribution < -0.4 is 5.32 Å². The molecule has 0 aliphatic rings. The largest absolute Gasteiger partial charge is 0.396 e. The summed E-state index contributed by atoms with van der Waals surface area (Å²) >= 11 is 0. The zero-order chi connectivity index (χ0) is 30.6. The second kappa shape index (κ2) is 36.5. The molecule has 0 saturated carbocycles. The summed E-state index contributed by atoms with van der Waals surface area (Å²) < 4.78 is 5.52. The minimum absolute atomic E-state index is 0.103. The van der Waals surface area contributed by atoms with Gasteiger partial charge in [0, 0.05) is 32.6 Å². The third kappa shape index (κ3) is 35.5. The molecule has 0 aromatic rings. The Kier molecular flexibility index (Phi) is 36.0. The molecule has 0 aromatic carbocycles. The van der Waals surface area contributed by atoms with E-state index in [1.807, 2.05) is 0 Å². The van der Waals surface area contributed by atoms with Crippen molar-refractivity contribution < 1.29 is 19.7 Å². The second-order valence-corrected chi connectivity index (χ2v) is 12.8. The number of hydrogen-bond donors (Lipinski definition) is 3. The highest BCUT2D eigenvalue weighted by Crippen LogP contribution is 2.15. The Labute approximate surface area is 262 Å². The van der Waals surface area contributed by atoms with Gasteiger partial charge >= 0.3 is 0 Å². The number of amides is 1. The van der Waals surface area contributed by atoms with Gasteiger partial charge < -0.3 is 20.3 Å². The number of hydrogen-bond acceptors (Lipinski definition) is 4. The van der Waals surface area contributed by atoms with Gasteiger partial charge in [0.25, 0.3) is 0 Å². The molecule has 0 aliphatic heterocycles. The summed E-state index contributed by atoms with van der Waals surface area (Å²) in [4.78, 5) is 12.0. The van der Waals surface area contributed by atoms with E-state index in [1.165, 1.54) is 161 Å². The first-order valence-electron chi connectivity index (χ1n) is 18.9. The molecule has 0 spiro atoms. The lowest BCUT2D eigenvalue weighted by atomic mass is 10.0. The topological polar surface area (TPSA) is 78.8 Å². The summed E-state index contributed by atoms with van der Waals surface area (Å²) in [5.41, 5.74) is 0. The molecule has 5 heteroatoms. The highest BCUT2D eigenvalue weighted by molar-refractivity contribution is 5.75. The van der Waals surface area contributed by atoms with Crippen LogP contribution in [-0.4, -0.2) is 42.2 Å². The van der Waals surface area contributed by atoms with Crippen molar-refractivity contribution >= 4 is 5.91 Å². The Morgan fingerprint density at radius 1 is 0.548 bits per heavy atom. The molecular weight excluding hydrogens is 522 g/mol. The molecule has 252 valence electrons. The summed E-state index contributed by atoms with van der Waals surface area (Å²) in [5, 5.41) is 21.7. The van der Waals surface area contributed by atoms with Gasteiger partial charge in [0.1, 0.15) is 0 Å². The zero-order valence-corrected chi connectivity index (χ0v) is 28.3. The smallest absolute Gasteiger partial charge is 0.219 e. The molecule has 0 heterocycles. The number of carbonyl (C=O) groups is 1. The van der Waals surface area contributed by atoms with Crippen LogP contribution in [-0.2, 0) is 9.53 Å². The number of aliphatic hydroxyl groups is 2. The number of rotatable bonds is 36. The van der Waals surface area contributed by atoms with E-state index < -0.39 is 6.29 Å². The van der Waals surface area contributed by atoms with E-state index in [0.717, 1.165) is 25.7 Å². The number of ether oxygens (including phenoxy) is 1. The number of aliphatic hydroxyl groups excluding tert-OH is 2. The standard InChI is InChI=1S/C37H75NO4/c1-2-3-4-5-6-7-8-13-16-19-22-25-28-31-36(40)38-33-32-37(41)42-35-30-27-24-21-18-15-12-10-9-11-14-17-20-23-26-29-34-39/h37,39,41H,2-35H2,1H3,(H,38,40). The van der Waals surface area contributed by atoms with Crippen molar-refractivity contribution in [1.82, 2.24) is 5.32 Å². The van der Waals surface area contributed by atoms with E-state index in [9.17, 15) is 9.90 Å². The van der Waals surface area contributed by atoms with E-state index in [0.29, 0.717) is 32.6 Å². The van der Waals surface area contributed by atoms with Crippen LogP contribution in [0.1, 0.15) is 206 Å². The minimum atomic E-state index is -0.770. The van der Waals surface area contributed by atoms with Crippen molar-refractivity contribution in [3.8, 4) is 0 Å². The molecule has 0 aliphatic carbocycles. The Bertz CT molecular complexity index is 516. The van der Waals surface area contributed by atoms with Gasteiger partial charge in [-0.1, -0.05) is 174 Å². The molecule has 5 nitrogen and oxygen atoms in total. The van der Waals surface area contributed by atoms with Gasteiger partial charge in [-0.15, -0.1) is 0 Å². The molecule has 0 bridgehead atoms. The fourth-order valence-electron chi connectivity index (χ4n) is 5.72. The monoisotopic (exact) mass is 598 g/mol. The van der Waals surface area contributed by atoms with Crippen LogP contribution in [0.5, 0.6) is 0 Å². The molecule has 1 unspecified atom stereocenters. The predicted molar refractivity (Wildman–Crippen MR) is 181 cm³/mol. The summed E-state index contributed by atoms with van der Waals surface area (Å²) in [6.07, 6.45) is 37.9. The van der Waals surface area contributed by atoms with Crippen LogP contribution in [0.4, 0.5) is 0 Å². The van der Waals surface area contributed by atoms with Crippen molar-refractivity contribution in [3.05, 3.63) is 0 Å². The lowest BCUT2D eigenvalue weighted by Crippen LogP contribution is -2.27. The van der Waals surface area contributed by atoms with E-state index in [-0.39, 0.29) is 5.91 Å². The van der Waals surface area contributed by atoms with Gasteiger partial charge in [0.2, 0.25) is 5.91 Å². The Morgan fingerprint density at radius 2 is 0.905 bits per heavy atom. The molecular formula is C37H75NO4. The fourth-order valence-corrected chi connectivity index (χ4v) is 5.72. The van der Waals surface area contributed by atoms with Crippen LogP contribution in [0.3, 0.4) is 0 Å². The van der Waals surface area contributed by atoms with E-state index in [4.69, 9.17) is 9.84 Å². The molecule has 0 rings (SSSR count). The van der Waals surface area contributed by atoms with Crippen LogP contribution in [0.15, 0.2) is 0 Å². The van der Waals surface area contributed by atoms with Gasteiger partial charge in [-0.3, -0.25) is 4.79 Å². The summed E-state index contributed by atoms with van der Waals surface area (Å²) in [6, 6.07) is 0. The van der Waals surface area contributed by atoms with Gasteiger partial charge in [-0.25, -0.2) is 0 Å². The summed E-state index contributed by atoms with van der Waals surface area (Å²) in [5.74, 6) is 0.103. The van der Waals surface area contributed by atoms with Crippen LogP contribution in [0.2, 0.25) is 0 Å². The molecule has 0 saturated heterocycles.